The molecule has 2 aromatic rings. The molecule has 0 radical (unpaired) electrons. The van der Waals surface area contributed by atoms with Crippen molar-refractivity contribution in [1.82, 2.24) is 10.3 Å². The standard InChI is InChI=1S/C22H28N2O3/c1-5-22(3,4)24-19(25)13-27-21(26)20-15-8-6-7-9-17(15)23-18-11-10-14(2)12-16(18)20/h6-9,14H,5,10-13H2,1-4H3,(H,24,25). The molecule has 3 rings (SSSR count). The van der Waals surface area contributed by atoms with Crippen LogP contribution in [0.4, 0.5) is 0 Å². The first-order valence-corrected chi connectivity index (χ1v) is 9.69. The van der Waals surface area contributed by atoms with E-state index in [4.69, 9.17) is 9.72 Å². The Morgan fingerprint density at radius 1 is 1.30 bits per heavy atom. The van der Waals surface area contributed by atoms with Crippen LogP contribution in [0.2, 0.25) is 0 Å². The fourth-order valence-electron chi connectivity index (χ4n) is 3.50. The van der Waals surface area contributed by atoms with Crippen LogP contribution in [0.1, 0.15) is 62.2 Å². The van der Waals surface area contributed by atoms with E-state index >= 15 is 0 Å². The average Bonchev–Trinajstić information content (AvgIpc) is 2.64. The van der Waals surface area contributed by atoms with Crippen molar-refractivity contribution in [2.24, 2.45) is 5.92 Å². The molecular weight excluding hydrogens is 340 g/mol. The molecule has 1 amide bonds. The number of ether oxygens (including phenoxy) is 1. The number of carbonyl (C=O) groups excluding carboxylic acids is 2. The molecule has 27 heavy (non-hydrogen) atoms. The van der Waals surface area contributed by atoms with Crippen LogP contribution in [0.3, 0.4) is 0 Å². The molecule has 0 fully saturated rings. The minimum absolute atomic E-state index is 0.275. The zero-order chi connectivity index (χ0) is 19.6. The van der Waals surface area contributed by atoms with Gasteiger partial charge in [0.1, 0.15) is 0 Å². The van der Waals surface area contributed by atoms with Crippen LogP contribution in [-0.4, -0.2) is 29.0 Å². The Labute approximate surface area is 160 Å². The predicted molar refractivity (Wildman–Crippen MR) is 106 cm³/mol. The minimum Gasteiger partial charge on any atom is -0.452 e. The summed E-state index contributed by atoms with van der Waals surface area (Å²) in [7, 11) is 0. The van der Waals surface area contributed by atoms with Gasteiger partial charge in [0.25, 0.3) is 5.91 Å². The van der Waals surface area contributed by atoms with E-state index in [2.05, 4.69) is 12.2 Å². The quantitative estimate of drug-likeness (QED) is 0.815. The van der Waals surface area contributed by atoms with Gasteiger partial charge >= 0.3 is 5.97 Å². The monoisotopic (exact) mass is 368 g/mol. The number of pyridine rings is 1. The number of benzene rings is 1. The molecule has 1 aromatic heterocycles. The lowest BCUT2D eigenvalue weighted by Gasteiger charge is -2.25. The summed E-state index contributed by atoms with van der Waals surface area (Å²) in [6.07, 6.45) is 3.55. The Kier molecular flexibility index (Phi) is 5.49. The lowest BCUT2D eigenvalue weighted by molar-refractivity contribution is -0.125. The van der Waals surface area contributed by atoms with Gasteiger partial charge in [-0.2, -0.15) is 0 Å². The van der Waals surface area contributed by atoms with Gasteiger partial charge in [-0.3, -0.25) is 9.78 Å². The zero-order valence-corrected chi connectivity index (χ0v) is 16.6. The van der Waals surface area contributed by atoms with Crippen molar-refractivity contribution in [2.75, 3.05) is 6.61 Å². The number of para-hydroxylation sites is 1. The van der Waals surface area contributed by atoms with E-state index in [-0.39, 0.29) is 18.1 Å². The summed E-state index contributed by atoms with van der Waals surface area (Å²) in [5, 5.41) is 3.69. The van der Waals surface area contributed by atoms with E-state index in [0.29, 0.717) is 11.5 Å². The van der Waals surface area contributed by atoms with Crippen molar-refractivity contribution in [3.63, 3.8) is 0 Å². The van der Waals surface area contributed by atoms with Gasteiger partial charge in [0.2, 0.25) is 0 Å². The number of nitrogens with one attached hydrogen (secondary N) is 1. The zero-order valence-electron chi connectivity index (χ0n) is 16.6. The molecule has 1 heterocycles. The number of amides is 1. The summed E-state index contributed by atoms with van der Waals surface area (Å²) in [6, 6.07) is 7.64. The number of carbonyl (C=O) groups is 2. The number of rotatable bonds is 5. The summed E-state index contributed by atoms with van der Waals surface area (Å²) >= 11 is 0. The number of hydrogen-bond acceptors (Lipinski definition) is 4. The van der Waals surface area contributed by atoms with Gasteiger partial charge in [-0.1, -0.05) is 32.0 Å². The largest absolute Gasteiger partial charge is 0.452 e. The smallest absolute Gasteiger partial charge is 0.339 e. The molecule has 1 atom stereocenters. The van der Waals surface area contributed by atoms with Crippen LogP contribution in [0.25, 0.3) is 10.9 Å². The predicted octanol–water partition coefficient (Wildman–Crippen LogP) is 3.82. The highest BCUT2D eigenvalue weighted by atomic mass is 16.5. The van der Waals surface area contributed by atoms with E-state index < -0.39 is 5.97 Å². The maximum absolute atomic E-state index is 12.9. The Hall–Kier alpha value is -2.43. The van der Waals surface area contributed by atoms with Crippen molar-refractivity contribution >= 4 is 22.8 Å². The number of fused-ring (bicyclic) bond motifs is 2. The van der Waals surface area contributed by atoms with Crippen molar-refractivity contribution in [1.29, 1.82) is 0 Å². The Morgan fingerprint density at radius 2 is 2.04 bits per heavy atom. The first-order chi connectivity index (χ1) is 12.8. The molecule has 5 heteroatoms. The van der Waals surface area contributed by atoms with Crippen LogP contribution in [0.15, 0.2) is 24.3 Å². The van der Waals surface area contributed by atoms with E-state index in [1.165, 1.54) is 0 Å². The van der Waals surface area contributed by atoms with Crippen molar-refractivity contribution in [2.45, 2.75) is 58.9 Å². The summed E-state index contributed by atoms with van der Waals surface area (Å²) in [6.45, 7) is 7.81. The molecule has 0 bridgehead atoms. The van der Waals surface area contributed by atoms with Gasteiger partial charge in [-0.25, -0.2) is 4.79 Å². The Bertz CT molecular complexity index is 873. The van der Waals surface area contributed by atoms with Gasteiger partial charge < -0.3 is 10.1 Å². The summed E-state index contributed by atoms with van der Waals surface area (Å²) in [4.78, 5) is 29.9. The fraction of sp³-hybridized carbons (Fsp3) is 0.500. The summed E-state index contributed by atoms with van der Waals surface area (Å²) < 4.78 is 5.41. The average molecular weight is 368 g/mol. The first kappa shape index (κ1) is 19.3. The normalized spacial score (nSPS) is 16.7. The second kappa shape index (κ2) is 7.67. The second-order valence-electron chi connectivity index (χ2n) is 8.14. The van der Waals surface area contributed by atoms with Crippen LogP contribution >= 0.6 is 0 Å². The maximum Gasteiger partial charge on any atom is 0.339 e. The molecular formula is C22H28N2O3. The Morgan fingerprint density at radius 3 is 2.78 bits per heavy atom. The fourth-order valence-corrected chi connectivity index (χ4v) is 3.50. The van der Waals surface area contributed by atoms with Crippen LogP contribution in [0.5, 0.6) is 0 Å². The molecule has 0 saturated carbocycles. The molecule has 5 nitrogen and oxygen atoms in total. The molecule has 1 aliphatic rings. The lowest BCUT2D eigenvalue weighted by Crippen LogP contribution is -2.44. The van der Waals surface area contributed by atoms with Crippen LogP contribution < -0.4 is 5.32 Å². The van der Waals surface area contributed by atoms with Crippen LogP contribution in [-0.2, 0) is 22.4 Å². The van der Waals surface area contributed by atoms with Gasteiger partial charge in [0, 0.05) is 16.6 Å². The highest BCUT2D eigenvalue weighted by Crippen LogP contribution is 2.31. The third-order valence-electron chi connectivity index (χ3n) is 5.41. The second-order valence-corrected chi connectivity index (χ2v) is 8.14. The topological polar surface area (TPSA) is 68.3 Å². The van der Waals surface area contributed by atoms with E-state index in [1.54, 1.807) is 0 Å². The molecule has 0 spiro atoms. The highest BCUT2D eigenvalue weighted by Gasteiger charge is 2.27. The van der Waals surface area contributed by atoms with Gasteiger partial charge in [0.15, 0.2) is 6.61 Å². The van der Waals surface area contributed by atoms with Gasteiger partial charge in [-0.15, -0.1) is 0 Å². The van der Waals surface area contributed by atoms with E-state index in [1.807, 2.05) is 45.0 Å². The first-order valence-electron chi connectivity index (χ1n) is 9.69. The van der Waals surface area contributed by atoms with Crippen molar-refractivity contribution in [3.8, 4) is 0 Å². The number of aryl methyl sites for hydroxylation is 1. The molecule has 1 N–H and O–H groups in total. The molecule has 1 aliphatic carbocycles. The van der Waals surface area contributed by atoms with Gasteiger partial charge in [-0.05, 0) is 57.1 Å². The molecule has 0 aliphatic heterocycles. The molecule has 0 saturated heterocycles. The van der Waals surface area contributed by atoms with E-state index in [0.717, 1.165) is 47.8 Å². The SMILES string of the molecule is CCC(C)(C)NC(=O)COC(=O)c1c2c(nc3ccccc13)CCC(C)C2. The minimum atomic E-state index is -0.441. The summed E-state index contributed by atoms with van der Waals surface area (Å²) in [5.41, 5.74) is 3.02. The molecule has 144 valence electrons. The van der Waals surface area contributed by atoms with Gasteiger partial charge in [0.05, 0.1) is 11.1 Å². The number of nitrogens with zero attached hydrogens (tertiary/aromatic N) is 1. The van der Waals surface area contributed by atoms with E-state index in [9.17, 15) is 9.59 Å². The maximum atomic E-state index is 12.9. The third-order valence-corrected chi connectivity index (χ3v) is 5.41. The highest BCUT2D eigenvalue weighted by molar-refractivity contribution is 6.05. The third kappa shape index (κ3) is 4.29. The number of esters is 1. The number of hydrogen-bond donors (Lipinski definition) is 1. The van der Waals surface area contributed by atoms with Crippen LogP contribution in [0, 0.1) is 5.92 Å². The number of aromatic nitrogens is 1. The Balaban J connectivity index is 1.88. The lowest BCUT2D eigenvalue weighted by atomic mass is 9.84. The summed E-state index contributed by atoms with van der Waals surface area (Å²) in [5.74, 6) is -0.222. The van der Waals surface area contributed by atoms with Crippen molar-refractivity contribution in [3.05, 3.63) is 41.1 Å². The van der Waals surface area contributed by atoms with Crippen molar-refractivity contribution < 1.29 is 14.3 Å². The molecule has 1 unspecified atom stereocenters. The molecule has 1 aromatic carbocycles.